The van der Waals surface area contributed by atoms with Crippen molar-refractivity contribution in [2.75, 3.05) is 19.0 Å². The molecule has 0 amide bonds. The minimum Gasteiger partial charge on any atom is -0.378 e. The molecule has 94 valence electrons. The summed E-state index contributed by atoms with van der Waals surface area (Å²) in [7, 11) is 3.98. The summed E-state index contributed by atoms with van der Waals surface area (Å²) in [4.78, 5) is 14.0. The predicted molar refractivity (Wildman–Crippen MR) is 73.9 cm³/mol. The molecule has 1 rings (SSSR count). The van der Waals surface area contributed by atoms with Crippen LogP contribution in [0.5, 0.6) is 0 Å². The average molecular weight is 233 g/mol. The van der Waals surface area contributed by atoms with E-state index in [-0.39, 0.29) is 5.78 Å². The molecule has 0 radical (unpaired) electrons. The normalized spacial score (nSPS) is 10.3. The molecular weight excluding hydrogens is 210 g/mol. The first-order chi connectivity index (χ1) is 8.15. The smallest absolute Gasteiger partial charge is 0.162 e. The summed E-state index contributed by atoms with van der Waals surface area (Å²) in [5.41, 5.74) is 1.93. The first-order valence-corrected chi connectivity index (χ1v) is 6.45. The second kappa shape index (κ2) is 7.10. The number of carbonyl (C=O) groups excluding carboxylic acids is 1. The van der Waals surface area contributed by atoms with E-state index < -0.39 is 0 Å². The first kappa shape index (κ1) is 13.8. The van der Waals surface area contributed by atoms with Crippen LogP contribution in [0.3, 0.4) is 0 Å². The van der Waals surface area contributed by atoms with Crippen molar-refractivity contribution >= 4 is 11.5 Å². The summed E-state index contributed by atoms with van der Waals surface area (Å²) in [5.74, 6) is 0.268. The molecule has 0 heterocycles. The Kier molecular flexibility index (Phi) is 5.75. The zero-order valence-corrected chi connectivity index (χ0v) is 11.2. The van der Waals surface area contributed by atoms with Gasteiger partial charge in [-0.3, -0.25) is 4.79 Å². The molecule has 0 aliphatic rings. The molecule has 0 bridgehead atoms. The minimum absolute atomic E-state index is 0.268. The van der Waals surface area contributed by atoms with Gasteiger partial charge >= 0.3 is 0 Å². The van der Waals surface area contributed by atoms with Crippen molar-refractivity contribution in [1.29, 1.82) is 0 Å². The number of benzene rings is 1. The topological polar surface area (TPSA) is 20.3 Å². The van der Waals surface area contributed by atoms with Crippen LogP contribution in [0.1, 0.15) is 49.4 Å². The van der Waals surface area contributed by atoms with Crippen LogP contribution < -0.4 is 4.90 Å². The van der Waals surface area contributed by atoms with Crippen LogP contribution in [0.15, 0.2) is 24.3 Å². The van der Waals surface area contributed by atoms with Crippen LogP contribution in [0.25, 0.3) is 0 Å². The lowest BCUT2D eigenvalue weighted by Crippen LogP contribution is -2.09. The zero-order valence-electron chi connectivity index (χ0n) is 11.2. The Morgan fingerprint density at radius 2 is 1.94 bits per heavy atom. The van der Waals surface area contributed by atoms with E-state index in [4.69, 9.17) is 0 Å². The number of hydrogen-bond acceptors (Lipinski definition) is 2. The molecule has 0 fully saturated rings. The molecular formula is C15H23NO. The van der Waals surface area contributed by atoms with Gasteiger partial charge in [0.15, 0.2) is 5.78 Å². The fraction of sp³-hybridized carbons (Fsp3) is 0.533. The predicted octanol–water partition coefficient (Wildman–Crippen LogP) is 3.91. The number of nitrogens with zero attached hydrogens (tertiary/aromatic N) is 1. The molecule has 2 heteroatoms. The summed E-state index contributed by atoms with van der Waals surface area (Å²) in [6.45, 7) is 2.18. The van der Waals surface area contributed by atoms with Gasteiger partial charge in [0, 0.05) is 31.8 Å². The van der Waals surface area contributed by atoms with Crippen LogP contribution in [0.4, 0.5) is 5.69 Å². The van der Waals surface area contributed by atoms with Crippen molar-refractivity contribution in [2.45, 2.75) is 39.0 Å². The Morgan fingerprint density at radius 3 is 2.59 bits per heavy atom. The lowest BCUT2D eigenvalue weighted by atomic mass is 10.0. The van der Waals surface area contributed by atoms with E-state index in [2.05, 4.69) is 6.92 Å². The second-order valence-electron chi connectivity index (χ2n) is 4.68. The molecule has 17 heavy (non-hydrogen) atoms. The molecule has 0 spiro atoms. The van der Waals surface area contributed by atoms with Gasteiger partial charge in [-0.05, 0) is 18.6 Å². The van der Waals surface area contributed by atoms with Crippen molar-refractivity contribution in [3.05, 3.63) is 29.8 Å². The molecule has 0 aliphatic heterocycles. The van der Waals surface area contributed by atoms with E-state index in [0.717, 1.165) is 24.1 Å². The largest absolute Gasteiger partial charge is 0.378 e. The van der Waals surface area contributed by atoms with Gasteiger partial charge in [-0.2, -0.15) is 0 Å². The maximum absolute atomic E-state index is 12.0. The highest BCUT2D eigenvalue weighted by Gasteiger charge is 2.06. The number of Topliss-reactive ketones (excluding diaryl/α,β-unsaturated/α-hetero) is 1. The summed E-state index contributed by atoms with van der Waals surface area (Å²) < 4.78 is 0. The van der Waals surface area contributed by atoms with Gasteiger partial charge < -0.3 is 4.90 Å². The van der Waals surface area contributed by atoms with E-state index in [1.54, 1.807) is 0 Å². The highest BCUT2D eigenvalue weighted by Crippen LogP contribution is 2.16. The van der Waals surface area contributed by atoms with Crippen LogP contribution >= 0.6 is 0 Å². The highest BCUT2D eigenvalue weighted by molar-refractivity contribution is 5.96. The van der Waals surface area contributed by atoms with Crippen LogP contribution in [0, 0.1) is 0 Å². The Hall–Kier alpha value is -1.31. The summed E-state index contributed by atoms with van der Waals surface area (Å²) in [6.07, 6.45) is 5.29. The number of anilines is 1. The lowest BCUT2D eigenvalue weighted by molar-refractivity contribution is 0.0979. The standard InChI is InChI=1S/C15H23NO/c1-4-5-6-7-11-15(17)13-9-8-10-14(12-13)16(2)3/h8-10,12H,4-7,11H2,1-3H3. The van der Waals surface area contributed by atoms with Gasteiger partial charge in [-0.25, -0.2) is 0 Å². The molecule has 1 aromatic rings. The van der Waals surface area contributed by atoms with Crippen molar-refractivity contribution in [3.8, 4) is 0 Å². The highest BCUT2D eigenvalue weighted by atomic mass is 16.1. The zero-order chi connectivity index (χ0) is 12.7. The maximum Gasteiger partial charge on any atom is 0.162 e. The molecule has 0 aromatic heterocycles. The van der Waals surface area contributed by atoms with Crippen molar-refractivity contribution in [3.63, 3.8) is 0 Å². The first-order valence-electron chi connectivity index (χ1n) is 6.45. The van der Waals surface area contributed by atoms with E-state index >= 15 is 0 Å². The number of carbonyl (C=O) groups is 1. The summed E-state index contributed by atoms with van der Waals surface area (Å²) in [6, 6.07) is 7.86. The number of hydrogen-bond donors (Lipinski definition) is 0. The molecule has 0 atom stereocenters. The Labute approximate surface area is 105 Å². The monoisotopic (exact) mass is 233 g/mol. The quantitative estimate of drug-likeness (QED) is 0.526. The number of ketones is 1. The average Bonchev–Trinajstić information content (AvgIpc) is 2.34. The van der Waals surface area contributed by atoms with E-state index in [9.17, 15) is 4.79 Å². The van der Waals surface area contributed by atoms with Crippen molar-refractivity contribution in [2.24, 2.45) is 0 Å². The van der Waals surface area contributed by atoms with Crippen molar-refractivity contribution < 1.29 is 4.79 Å². The Balaban J connectivity index is 2.53. The number of unbranched alkanes of at least 4 members (excludes halogenated alkanes) is 3. The van der Waals surface area contributed by atoms with E-state index in [1.807, 2.05) is 43.3 Å². The third kappa shape index (κ3) is 4.59. The fourth-order valence-corrected chi connectivity index (χ4v) is 1.81. The Morgan fingerprint density at radius 1 is 1.18 bits per heavy atom. The third-order valence-electron chi connectivity index (χ3n) is 2.94. The SMILES string of the molecule is CCCCCCC(=O)c1cccc(N(C)C)c1. The maximum atomic E-state index is 12.0. The molecule has 0 saturated heterocycles. The van der Waals surface area contributed by atoms with Crippen LogP contribution in [-0.4, -0.2) is 19.9 Å². The van der Waals surface area contributed by atoms with E-state index in [1.165, 1.54) is 12.8 Å². The second-order valence-corrected chi connectivity index (χ2v) is 4.68. The van der Waals surface area contributed by atoms with E-state index in [0.29, 0.717) is 6.42 Å². The number of rotatable bonds is 7. The molecule has 0 unspecified atom stereocenters. The molecule has 0 saturated carbocycles. The van der Waals surface area contributed by atoms with Gasteiger partial charge in [0.05, 0.1) is 0 Å². The minimum atomic E-state index is 0.268. The van der Waals surface area contributed by atoms with Crippen LogP contribution in [0.2, 0.25) is 0 Å². The van der Waals surface area contributed by atoms with Gasteiger partial charge in [0.25, 0.3) is 0 Å². The lowest BCUT2D eigenvalue weighted by Gasteiger charge is -2.13. The van der Waals surface area contributed by atoms with Crippen LogP contribution in [-0.2, 0) is 0 Å². The Bertz CT molecular complexity index is 358. The van der Waals surface area contributed by atoms with Gasteiger partial charge in [0.1, 0.15) is 0 Å². The van der Waals surface area contributed by atoms with Gasteiger partial charge in [-0.15, -0.1) is 0 Å². The van der Waals surface area contributed by atoms with Gasteiger partial charge in [-0.1, -0.05) is 38.3 Å². The molecule has 2 nitrogen and oxygen atoms in total. The third-order valence-corrected chi connectivity index (χ3v) is 2.94. The van der Waals surface area contributed by atoms with Gasteiger partial charge in [0.2, 0.25) is 0 Å². The molecule has 0 aliphatic carbocycles. The van der Waals surface area contributed by atoms with Crippen molar-refractivity contribution in [1.82, 2.24) is 0 Å². The molecule has 0 N–H and O–H groups in total. The molecule has 1 aromatic carbocycles. The fourth-order valence-electron chi connectivity index (χ4n) is 1.81. The summed E-state index contributed by atoms with van der Waals surface area (Å²) >= 11 is 0. The summed E-state index contributed by atoms with van der Waals surface area (Å²) in [5, 5.41) is 0.